The molecule has 0 bridgehead atoms. The molecule has 0 aliphatic heterocycles. The zero-order valence-corrected chi connectivity index (χ0v) is 21.1. The number of hydrogen-bond acceptors (Lipinski definition) is 3. The Balaban J connectivity index is 1.80. The van der Waals surface area contributed by atoms with Crippen LogP contribution in [0.3, 0.4) is 0 Å². The van der Waals surface area contributed by atoms with Crippen molar-refractivity contribution in [1.82, 2.24) is 9.55 Å². The van der Waals surface area contributed by atoms with Crippen LogP contribution in [-0.4, -0.2) is 20.6 Å². The Morgan fingerprint density at radius 1 is 1.06 bits per heavy atom. The fraction of sp³-hybridized carbons (Fsp3) is 0.154. The molecule has 0 spiro atoms. The lowest BCUT2D eigenvalue weighted by Gasteiger charge is -2.28. The number of hydrogen-bond donors (Lipinski definition) is 1. The lowest BCUT2D eigenvalue weighted by atomic mass is 9.81. The molecule has 1 aromatic heterocycles. The van der Waals surface area contributed by atoms with Gasteiger partial charge in [0.1, 0.15) is 11.6 Å². The average molecular weight is 533 g/mol. The van der Waals surface area contributed by atoms with Crippen LogP contribution < -0.4 is 0 Å². The van der Waals surface area contributed by atoms with E-state index in [1.54, 1.807) is 30.5 Å². The van der Waals surface area contributed by atoms with Crippen LogP contribution in [0.4, 0.5) is 8.78 Å². The normalized spacial score (nSPS) is 11.6. The van der Waals surface area contributed by atoms with Crippen molar-refractivity contribution in [2.75, 3.05) is 0 Å². The van der Waals surface area contributed by atoms with Gasteiger partial charge in [-0.3, -0.25) is 4.57 Å². The molecule has 1 heterocycles. The molecule has 0 aliphatic carbocycles. The van der Waals surface area contributed by atoms with E-state index in [1.807, 2.05) is 24.5 Å². The molecule has 0 amide bonds. The Morgan fingerprint density at radius 2 is 1.77 bits per heavy atom. The highest BCUT2D eigenvalue weighted by atomic mass is 35.5. The number of nitrogens with zero attached hydrogens (tertiary/aromatic N) is 2. The van der Waals surface area contributed by atoms with Crippen molar-refractivity contribution in [2.24, 2.45) is 0 Å². The number of carboxylic acids is 1. The average Bonchev–Trinajstić information content (AvgIpc) is 3.25. The number of aromatic carboxylic acids is 1. The first kappa shape index (κ1) is 25.2. The minimum absolute atomic E-state index is 0.0408. The maximum Gasteiger partial charge on any atom is 0.336 e. The van der Waals surface area contributed by atoms with E-state index >= 15 is 0 Å². The molecule has 4 nitrogen and oxygen atoms in total. The smallest absolute Gasteiger partial charge is 0.336 e. The van der Waals surface area contributed by atoms with Crippen molar-refractivity contribution >= 4 is 40.9 Å². The van der Waals surface area contributed by atoms with E-state index in [0.29, 0.717) is 20.9 Å². The standard InChI is InChI=1S/C26H20Cl2F2N2O2S/c1-26(2,15-6-11-20(27)21(28)12-15)23-13-31-25(32(23)17-9-7-16(29)8-10-17)35-14-19-18(24(33)34)4-3-5-22(19)30/h3-13H,14H2,1-2H3,(H,33,34). The van der Waals surface area contributed by atoms with Gasteiger partial charge >= 0.3 is 5.97 Å². The number of carbonyl (C=O) groups is 1. The Labute approximate surface area is 215 Å². The van der Waals surface area contributed by atoms with E-state index in [4.69, 9.17) is 23.2 Å². The van der Waals surface area contributed by atoms with Crippen LogP contribution in [0.25, 0.3) is 5.69 Å². The number of imidazole rings is 1. The summed E-state index contributed by atoms with van der Waals surface area (Å²) in [7, 11) is 0. The van der Waals surface area contributed by atoms with Gasteiger partial charge in [0, 0.05) is 22.4 Å². The van der Waals surface area contributed by atoms with E-state index in [1.165, 1.54) is 42.1 Å². The highest BCUT2D eigenvalue weighted by Gasteiger charge is 2.30. The third-order valence-electron chi connectivity index (χ3n) is 5.79. The van der Waals surface area contributed by atoms with Crippen molar-refractivity contribution in [3.63, 3.8) is 0 Å². The highest BCUT2D eigenvalue weighted by molar-refractivity contribution is 7.98. The Bertz CT molecular complexity index is 1410. The van der Waals surface area contributed by atoms with Gasteiger partial charge in [-0.2, -0.15) is 0 Å². The number of benzene rings is 3. The summed E-state index contributed by atoms with van der Waals surface area (Å²) in [6.45, 7) is 3.99. The molecule has 0 fully saturated rings. The molecule has 0 saturated carbocycles. The molecule has 1 N–H and O–H groups in total. The second-order valence-corrected chi connectivity index (χ2v) is 10.1. The summed E-state index contributed by atoms with van der Waals surface area (Å²) in [5.41, 5.74) is 1.68. The first-order chi connectivity index (χ1) is 16.6. The second-order valence-electron chi connectivity index (χ2n) is 8.35. The lowest BCUT2D eigenvalue weighted by Crippen LogP contribution is -2.23. The van der Waals surface area contributed by atoms with Crippen LogP contribution in [-0.2, 0) is 11.2 Å². The molecule has 3 aromatic carbocycles. The molecular formula is C26H20Cl2F2N2O2S. The van der Waals surface area contributed by atoms with E-state index in [9.17, 15) is 18.7 Å². The topological polar surface area (TPSA) is 55.1 Å². The van der Waals surface area contributed by atoms with Crippen molar-refractivity contribution in [3.8, 4) is 5.69 Å². The Kier molecular flexibility index (Phi) is 7.22. The van der Waals surface area contributed by atoms with Crippen molar-refractivity contribution in [1.29, 1.82) is 0 Å². The van der Waals surface area contributed by atoms with Gasteiger partial charge in [-0.25, -0.2) is 18.6 Å². The summed E-state index contributed by atoms with van der Waals surface area (Å²) in [6, 6.07) is 15.3. The maximum absolute atomic E-state index is 14.5. The predicted molar refractivity (Wildman–Crippen MR) is 135 cm³/mol. The number of thioether (sulfide) groups is 1. The largest absolute Gasteiger partial charge is 0.478 e. The second kappa shape index (κ2) is 10.0. The summed E-state index contributed by atoms with van der Waals surface area (Å²) < 4.78 is 30.0. The van der Waals surface area contributed by atoms with Gasteiger partial charge in [0.25, 0.3) is 0 Å². The van der Waals surface area contributed by atoms with Gasteiger partial charge in [0.15, 0.2) is 5.16 Å². The molecule has 0 radical (unpaired) electrons. The monoisotopic (exact) mass is 532 g/mol. The van der Waals surface area contributed by atoms with Gasteiger partial charge in [0.2, 0.25) is 0 Å². The molecule has 0 unspecified atom stereocenters. The molecular weight excluding hydrogens is 513 g/mol. The first-order valence-electron chi connectivity index (χ1n) is 10.5. The number of carboxylic acid groups (broad SMARTS) is 1. The fourth-order valence-corrected chi connectivity index (χ4v) is 5.12. The minimum Gasteiger partial charge on any atom is -0.478 e. The van der Waals surface area contributed by atoms with Gasteiger partial charge in [-0.05, 0) is 54.1 Å². The van der Waals surface area contributed by atoms with Crippen LogP contribution in [0.2, 0.25) is 10.0 Å². The zero-order chi connectivity index (χ0) is 25.3. The van der Waals surface area contributed by atoms with E-state index in [0.717, 1.165) is 11.3 Å². The van der Waals surface area contributed by atoms with Crippen LogP contribution in [0.5, 0.6) is 0 Å². The Hall–Kier alpha value is -2.87. The lowest BCUT2D eigenvalue weighted by molar-refractivity contribution is 0.0695. The van der Waals surface area contributed by atoms with E-state index < -0.39 is 17.2 Å². The maximum atomic E-state index is 14.5. The molecule has 180 valence electrons. The Morgan fingerprint density at radius 3 is 2.43 bits per heavy atom. The third kappa shape index (κ3) is 5.08. The zero-order valence-electron chi connectivity index (χ0n) is 18.7. The molecule has 9 heteroatoms. The van der Waals surface area contributed by atoms with Gasteiger partial charge in [-0.1, -0.05) is 60.9 Å². The fourth-order valence-electron chi connectivity index (χ4n) is 3.79. The van der Waals surface area contributed by atoms with E-state index in [-0.39, 0.29) is 22.7 Å². The highest BCUT2D eigenvalue weighted by Crippen LogP contribution is 2.38. The first-order valence-corrected chi connectivity index (χ1v) is 12.3. The van der Waals surface area contributed by atoms with Crippen LogP contribution in [0.1, 0.15) is 41.0 Å². The predicted octanol–water partition coefficient (Wildman–Crippen LogP) is 7.77. The molecule has 4 aromatic rings. The minimum atomic E-state index is -1.21. The van der Waals surface area contributed by atoms with Crippen molar-refractivity contribution in [3.05, 3.63) is 111 Å². The summed E-state index contributed by atoms with van der Waals surface area (Å²) >= 11 is 13.6. The SMILES string of the molecule is CC(C)(c1ccc(Cl)c(Cl)c1)c1cnc(SCc2c(F)cccc2C(=O)O)n1-c1ccc(F)cc1. The number of aromatic nitrogens is 2. The van der Waals surface area contributed by atoms with Gasteiger partial charge < -0.3 is 5.11 Å². The van der Waals surface area contributed by atoms with Crippen LogP contribution in [0.15, 0.2) is 72.0 Å². The summed E-state index contributed by atoms with van der Waals surface area (Å²) in [4.78, 5) is 16.2. The van der Waals surface area contributed by atoms with Crippen molar-refractivity contribution < 1.29 is 18.7 Å². The van der Waals surface area contributed by atoms with Gasteiger partial charge in [-0.15, -0.1) is 0 Å². The number of rotatable bonds is 7. The molecule has 0 atom stereocenters. The summed E-state index contributed by atoms with van der Waals surface area (Å²) in [5.74, 6) is -2.15. The molecule has 4 rings (SSSR count). The third-order valence-corrected chi connectivity index (χ3v) is 7.51. The van der Waals surface area contributed by atoms with Crippen LogP contribution in [0, 0.1) is 11.6 Å². The summed E-state index contributed by atoms with van der Waals surface area (Å²) in [6.07, 6.45) is 1.70. The molecule has 35 heavy (non-hydrogen) atoms. The molecule has 0 saturated heterocycles. The van der Waals surface area contributed by atoms with E-state index in [2.05, 4.69) is 4.98 Å². The molecule has 0 aliphatic rings. The van der Waals surface area contributed by atoms with Gasteiger partial charge in [0.05, 0.1) is 27.5 Å². The quantitative estimate of drug-likeness (QED) is 0.247. The number of halogens is 4. The van der Waals surface area contributed by atoms with Crippen LogP contribution >= 0.6 is 35.0 Å². The van der Waals surface area contributed by atoms with Crippen molar-refractivity contribution in [2.45, 2.75) is 30.2 Å². The summed E-state index contributed by atoms with van der Waals surface area (Å²) in [5, 5.41) is 10.8.